The standard InChI is InChI=1S/C22H30N4O3/c1-14-11-18(19-13-24-26(20(19)25-14)17-5-3-4-6-17)21(27)23-12-15-7-9-16(10-8-15)22(28)29-2/h11,13,15-17H,3-10,12H2,1-2H3,(H,23,27). The number of esters is 1. The van der Waals surface area contributed by atoms with E-state index < -0.39 is 0 Å². The molecule has 2 aromatic heterocycles. The number of carbonyl (C=O) groups excluding carboxylic acids is 2. The Kier molecular flexibility index (Phi) is 5.83. The summed E-state index contributed by atoms with van der Waals surface area (Å²) in [6, 6.07) is 2.25. The summed E-state index contributed by atoms with van der Waals surface area (Å²) in [5.41, 5.74) is 2.31. The van der Waals surface area contributed by atoms with Gasteiger partial charge in [0.15, 0.2) is 5.65 Å². The monoisotopic (exact) mass is 398 g/mol. The first-order chi connectivity index (χ1) is 14.1. The molecule has 0 atom stereocenters. The predicted molar refractivity (Wildman–Crippen MR) is 110 cm³/mol. The Hall–Kier alpha value is -2.44. The van der Waals surface area contributed by atoms with Gasteiger partial charge in [-0.05, 0) is 57.4 Å². The maximum absolute atomic E-state index is 13.0. The van der Waals surface area contributed by atoms with E-state index in [0.29, 0.717) is 24.1 Å². The molecule has 0 radical (unpaired) electrons. The van der Waals surface area contributed by atoms with E-state index in [1.165, 1.54) is 20.0 Å². The molecule has 0 spiro atoms. The number of ether oxygens (including phenoxy) is 1. The minimum atomic E-state index is -0.110. The number of aryl methyl sites for hydroxylation is 1. The first kappa shape index (κ1) is 19.9. The minimum Gasteiger partial charge on any atom is -0.469 e. The van der Waals surface area contributed by atoms with Crippen molar-refractivity contribution in [3.63, 3.8) is 0 Å². The molecule has 0 aliphatic heterocycles. The molecule has 7 heteroatoms. The fourth-order valence-electron chi connectivity index (χ4n) is 4.85. The van der Waals surface area contributed by atoms with E-state index in [9.17, 15) is 9.59 Å². The molecular formula is C22H30N4O3. The first-order valence-corrected chi connectivity index (χ1v) is 10.8. The third kappa shape index (κ3) is 4.14. The third-order valence-electron chi connectivity index (χ3n) is 6.54. The summed E-state index contributed by atoms with van der Waals surface area (Å²) in [6.07, 6.45) is 10.0. The smallest absolute Gasteiger partial charge is 0.308 e. The van der Waals surface area contributed by atoms with Gasteiger partial charge in [-0.3, -0.25) is 9.59 Å². The molecule has 0 aromatic carbocycles. The number of hydrogen-bond donors (Lipinski definition) is 1. The molecule has 2 aliphatic rings. The number of fused-ring (bicyclic) bond motifs is 1. The topological polar surface area (TPSA) is 86.1 Å². The highest BCUT2D eigenvalue weighted by Gasteiger charge is 2.27. The molecule has 2 fully saturated rings. The molecular weight excluding hydrogens is 368 g/mol. The zero-order valence-electron chi connectivity index (χ0n) is 17.3. The number of hydrogen-bond acceptors (Lipinski definition) is 5. The quantitative estimate of drug-likeness (QED) is 0.778. The first-order valence-electron chi connectivity index (χ1n) is 10.8. The van der Waals surface area contributed by atoms with Crippen LogP contribution in [0, 0.1) is 18.8 Å². The average Bonchev–Trinajstić information content (AvgIpc) is 3.40. The van der Waals surface area contributed by atoms with E-state index in [-0.39, 0.29) is 17.8 Å². The van der Waals surface area contributed by atoms with Gasteiger partial charge in [-0.2, -0.15) is 5.10 Å². The van der Waals surface area contributed by atoms with Gasteiger partial charge in [-0.15, -0.1) is 0 Å². The van der Waals surface area contributed by atoms with Crippen LogP contribution in [-0.4, -0.2) is 40.3 Å². The van der Waals surface area contributed by atoms with Gasteiger partial charge in [0.1, 0.15) is 0 Å². The molecule has 156 valence electrons. The van der Waals surface area contributed by atoms with E-state index in [1.54, 1.807) is 6.20 Å². The number of carbonyl (C=O) groups is 2. The van der Waals surface area contributed by atoms with Crippen LogP contribution in [0.5, 0.6) is 0 Å². The van der Waals surface area contributed by atoms with Crippen molar-refractivity contribution in [2.24, 2.45) is 11.8 Å². The van der Waals surface area contributed by atoms with Gasteiger partial charge in [0.25, 0.3) is 5.91 Å². The van der Waals surface area contributed by atoms with Gasteiger partial charge in [0.2, 0.25) is 0 Å². The molecule has 2 aromatic rings. The van der Waals surface area contributed by atoms with Crippen LogP contribution in [0.2, 0.25) is 0 Å². The Morgan fingerprint density at radius 2 is 1.90 bits per heavy atom. The summed E-state index contributed by atoms with van der Waals surface area (Å²) < 4.78 is 6.86. The molecule has 0 bridgehead atoms. The third-order valence-corrected chi connectivity index (χ3v) is 6.54. The van der Waals surface area contributed by atoms with E-state index in [0.717, 1.165) is 55.3 Å². The Morgan fingerprint density at radius 3 is 2.59 bits per heavy atom. The number of pyridine rings is 1. The molecule has 4 rings (SSSR count). The largest absolute Gasteiger partial charge is 0.469 e. The van der Waals surface area contributed by atoms with Crippen LogP contribution < -0.4 is 5.32 Å². The van der Waals surface area contributed by atoms with Crippen LogP contribution in [0.4, 0.5) is 0 Å². The number of rotatable bonds is 5. The van der Waals surface area contributed by atoms with E-state index in [2.05, 4.69) is 15.4 Å². The summed E-state index contributed by atoms with van der Waals surface area (Å²) in [5.74, 6) is 0.235. The van der Waals surface area contributed by atoms with Gasteiger partial charge in [0.05, 0.1) is 36.2 Å². The lowest BCUT2D eigenvalue weighted by molar-refractivity contribution is -0.146. The predicted octanol–water partition coefficient (Wildman–Crippen LogP) is 3.56. The van der Waals surface area contributed by atoms with Crippen molar-refractivity contribution in [1.82, 2.24) is 20.1 Å². The highest BCUT2D eigenvalue weighted by Crippen LogP contribution is 2.32. The van der Waals surface area contributed by atoms with Gasteiger partial charge in [-0.1, -0.05) is 12.8 Å². The van der Waals surface area contributed by atoms with Crippen LogP contribution in [0.1, 0.15) is 73.5 Å². The lowest BCUT2D eigenvalue weighted by Crippen LogP contribution is -2.32. The van der Waals surface area contributed by atoms with Crippen LogP contribution in [0.25, 0.3) is 11.0 Å². The Labute approximate surface area is 171 Å². The van der Waals surface area contributed by atoms with Crippen LogP contribution >= 0.6 is 0 Å². The zero-order valence-corrected chi connectivity index (χ0v) is 17.3. The number of nitrogens with zero attached hydrogens (tertiary/aromatic N) is 3. The van der Waals surface area contributed by atoms with Gasteiger partial charge in [-0.25, -0.2) is 9.67 Å². The van der Waals surface area contributed by atoms with Crippen LogP contribution in [-0.2, 0) is 9.53 Å². The van der Waals surface area contributed by atoms with Crippen LogP contribution in [0.3, 0.4) is 0 Å². The summed E-state index contributed by atoms with van der Waals surface area (Å²) in [4.78, 5) is 29.3. The summed E-state index contributed by atoms with van der Waals surface area (Å²) in [7, 11) is 1.45. The van der Waals surface area contributed by atoms with Crippen molar-refractivity contribution in [2.75, 3.05) is 13.7 Å². The van der Waals surface area contributed by atoms with Crippen molar-refractivity contribution >= 4 is 22.9 Å². The molecule has 2 aliphatic carbocycles. The fraction of sp³-hybridized carbons (Fsp3) is 0.636. The normalized spacial score (nSPS) is 22.7. The molecule has 1 amide bonds. The summed E-state index contributed by atoms with van der Waals surface area (Å²) in [6.45, 7) is 2.56. The van der Waals surface area contributed by atoms with Gasteiger partial charge >= 0.3 is 5.97 Å². The lowest BCUT2D eigenvalue weighted by Gasteiger charge is -2.27. The second-order valence-corrected chi connectivity index (χ2v) is 8.53. The summed E-state index contributed by atoms with van der Waals surface area (Å²) >= 11 is 0. The molecule has 1 N–H and O–H groups in total. The summed E-state index contributed by atoms with van der Waals surface area (Å²) in [5, 5.41) is 8.51. The van der Waals surface area contributed by atoms with E-state index in [4.69, 9.17) is 4.74 Å². The lowest BCUT2D eigenvalue weighted by atomic mass is 9.82. The average molecular weight is 399 g/mol. The Balaban J connectivity index is 1.43. The minimum absolute atomic E-state index is 0.0100. The molecule has 0 unspecified atom stereocenters. The Bertz CT molecular complexity index is 893. The molecule has 0 saturated heterocycles. The number of amides is 1. The maximum Gasteiger partial charge on any atom is 0.308 e. The highest BCUT2D eigenvalue weighted by molar-refractivity contribution is 6.05. The van der Waals surface area contributed by atoms with Crippen molar-refractivity contribution in [3.05, 3.63) is 23.5 Å². The number of aromatic nitrogens is 3. The number of nitrogens with one attached hydrogen (secondary N) is 1. The van der Waals surface area contributed by atoms with Crippen molar-refractivity contribution < 1.29 is 14.3 Å². The second kappa shape index (κ2) is 8.51. The van der Waals surface area contributed by atoms with Crippen molar-refractivity contribution in [3.8, 4) is 0 Å². The molecule has 2 heterocycles. The maximum atomic E-state index is 13.0. The van der Waals surface area contributed by atoms with Crippen molar-refractivity contribution in [2.45, 2.75) is 64.3 Å². The highest BCUT2D eigenvalue weighted by atomic mass is 16.5. The van der Waals surface area contributed by atoms with E-state index in [1.807, 2.05) is 17.7 Å². The van der Waals surface area contributed by atoms with E-state index >= 15 is 0 Å². The molecule has 2 saturated carbocycles. The van der Waals surface area contributed by atoms with Gasteiger partial charge in [0, 0.05) is 12.2 Å². The Morgan fingerprint density at radius 1 is 1.17 bits per heavy atom. The molecule has 29 heavy (non-hydrogen) atoms. The van der Waals surface area contributed by atoms with Gasteiger partial charge < -0.3 is 10.1 Å². The second-order valence-electron chi connectivity index (χ2n) is 8.53. The zero-order chi connectivity index (χ0) is 20.4. The fourth-order valence-corrected chi connectivity index (χ4v) is 4.85. The molecule has 7 nitrogen and oxygen atoms in total. The van der Waals surface area contributed by atoms with Crippen molar-refractivity contribution in [1.29, 1.82) is 0 Å². The SMILES string of the molecule is COC(=O)C1CCC(CNC(=O)c2cc(C)nc3c2cnn3C2CCCC2)CC1. The number of methoxy groups -OCH3 is 1. The van der Waals surface area contributed by atoms with Crippen LogP contribution in [0.15, 0.2) is 12.3 Å².